The summed E-state index contributed by atoms with van der Waals surface area (Å²) in [6, 6.07) is 29.8. The molecule has 0 atom stereocenters. The number of anilines is 3. The van der Waals surface area contributed by atoms with Crippen LogP contribution in [0.4, 0.5) is 17.1 Å². The maximum absolute atomic E-state index is 13.9. The van der Waals surface area contributed by atoms with Crippen LogP contribution in [0.1, 0.15) is 74.0 Å². The summed E-state index contributed by atoms with van der Waals surface area (Å²) in [5, 5.41) is 5.95. The minimum atomic E-state index is -0.414. The Morgan fingerprint density at radius 2 is 0.810 bits per heavy atom. The van der Waals surface area contributed by atoms with Crippen molar-refractivity contribution in [1.29, 1.82) is 0 Å². The third kappa shape index (κ3) is 3.79. The highest BCUT2D eigenvalue weighted by molar-refractivity contribution is 6.33. The lowest BCUT2D eigenvalue weighted by atomic mass is 9.81. The van der Waals surface area contributed by atoms with E-state index in [0.717, 1.165) is 0 Å². The molecule has 2 aliphatic rings. The Morgan fingerprint density at radius 3 is 1.38 bits per heavy atom. The van der Waals surface area contributed by atoms with E-state index in [4.69, 9.17) is 0 Å². The fourth-order valence-electron chi connectivity index (χ4n) is 5.63. The van der Waals surface area contributed by atoms with E-state index in [1.54, 1.807) is 109 Å². The second-order valence-electron chi connectivity index (χ2n) is 9.99. The molecule has 7 rings (SSSR count). The van der Waals surface area contributed by atoms with Gasteiger partial charge in [-0.2, -0.15) is 0 Å². The molecule has 5 aromatic rings. The molecule has 0 aromatic heterocycles. The lowest BCUT2D eigenvalue weighted by Crippen LogP contribution is -2.25. The Balaban J connectivity index is 1.28. The predicted octanol–water partition coefficient (Wildman–Crippen LogP) is 6.23. The van der Waals surface area contributed by atoms with Crippen molar-refractivity contribution in [1.82, 2.24) is 0 Å². The zero-order chi connectivity index (χ0) is 29.0. The van der Waals surface area contributed by atoms with Gasteiger partial charge in [-0.25, -0.2) is 0 Å². The maximum Gasteiger partial charge on any atom is 0.255 e. The van der Waals surface area contributed by atoms with Crippen molar-refractivity contribution in [2.24, 2.45) is 0 Å². The fourth-order valence-corrected chi connectivity index (χ4v) is 5.63. The van der Waals surface area contributed by atoms with Gasteiger partial charge >= 0.3 is 0 Å². The molecule has 42 heavy (non-hydrogen) atoms. The monoisotopic (exact) mass is 548 g/mol. The van der Waals surface area contributed by atoms with Crippen molar-refractivity contribution < 1.29 is 24.0 Å². The van der Waals surface area contributed by atoms with Gasteiger partial charge in [0, 0.05) is 33.4 Å². The molecule has 0 heterocycles. The van der Waals surface area contributed by atoms with Gasteiger partial charge in [0.2, 0.25) is 0 Å². The van der Waals surface area contributed by atoms with Crippen LogP contribution in [0.25, 0.3) is 0 Å². The van der Waals surface area contributed by atoms with Gasteiger partial charge in [0.1, 0.15) is 0 Å². The van der Waals surface area contributed by atoms with E-state index in [-0.39, 0.29) is 50.6 Å². The number of fused-ring (bicyclic) bond motifs is 4. The highest BCUT2D eigenvalue weighted by atomic mass is 16.2. The topological polar surface area (TPSA) is 109 Å². The van der Waals surface area contributed by atoms with Crippen molar-refractivity contribution in [3.8, 4) is 0 Å². The average molecular weight is 549 g/mol. The third-order valence-corrected chi connectivity index (χ3v) is 7.58. The molecular formula is C35H20N2O5. The molecule has 200 valence electrons. The number of carbonyl (C=O) groups excluding carboxylic acids is 5. The van der Waals surface area contributed by atoms with Gasteiger partial charge in [-0.05, 0) is 30.3 Å². The molecule has 7 nitrogen and oxygen atoms in total. The minimum Gasteiger partial charge on any atom is -0.354 e. The molecule has 2 N–H and O–H groups in total. The number of hydrogen-bond donors (Lipinski definition) is 2. The van der Waals surface area contributed by atoms with E-state index >= 15 is 0 Å². The number of nitrogens with one attached hydrogen (secondary N) is 2. The van der Waals surface area contributed by atoms with E-state index in [0.29, 0.717) is 28.1 Å². The quantitative estimate of drug-likeness (QED) is 0.270. The Morgan fingerprint density at radius 1 is 0.405 bits per heavy atom. The van der Waals surface area contributed by atoms with Gasteiger partial charge < -0.3 is 10.6 Å². The van der Waals surface area contributed by atoms with Crippen LogP contribution in [0.15, 0.2) is 109 Å². The average Bonchev–Trinajstić information content (AvgIpc) is 3.02. The van der Waals surface area contributed by atoms with Crippen LogP contribution in [0.2, 0.25) is 0 Å². The first kappa shape index (κ1) is 25.0. The molecule has 0 spiro atoms. The molecular weight excluding hydrogens is 528 g/mol. The van der Waals surface area contributed by atoms with Crippen molar-refractivity contribution >= 4 is 46.1 Å². The highest BCUT2D eigenvalue weighted by Crippen LogP contribution is 2.38. The molecule has 1 amide bonds. The summed E-state index contributed by atoms with van der Waals surface area (Å²) in [6.07, 6.45) is 0. The summed E-state index contributed by atoms with van der Waals surface area (Å²) in [5.74, 6) is -1.79. The molecule has 0 saturated heterocycles. The van der Waals surface area contributed by atoms with Gasteiger partial charge in [0.05, 0.1) is 33.8 Å². The number of ketones is 4. The molecule has 5 aromatic carbocycles. The van der Waals surface area contributed by atoms with E-state index in [2.05, 4.69) is 10.6 Å². The van der Waals surface area contributed by atoms with Gasteiger partial charge in [0.15, 0.2) is 23.1 Å². The summed E-state index contributed by atoms with van der Waals surface area (Å²) in [4.78, 5) is 67.3. The maximum atomic E-state index is 13.9. The Kier molecular flexibility index (Phi) is 5.73. The minimum absolute atomic E-state index is 0.117. The molecule has 0 aliphatic heterocycles. The van der Waals surface area contributed by atoms with Crippen molar-refractivity contribution in [2.75, 3.05) is 10.6 Å². The molecule has 0 fully saturated rings. The zero-order valence-electron chi connectivity index (χ0n) is 21.9. The van der Waals surface area contributed by atoms with Crippen LogP contribution in [0, 0.1) is 0 Å². The molecule has 0 radical (unpaired) electrons. The first-order valence-electron chi connectivity index (χ1n) is 13.2. The number of amides is 1. The lowest BCUT2D eigenvalue weighted by Gasteiger charge is -2.24. The van der Waals surface area contributed by atoms with E-state index in [9.17, 15) is 24.0 Å². The normalized spacial score (nSPS) is 13.0. The molecule has 0 unspecified atom stereocenters. The smallest absolute Gasteiger partial charge is 0.255 e. The summed E-state index contributed by atoms with van der Waals surface area (Å²) < 4.78 is 0. The fraction of sp³-hybridized carbons (Fsp3) is 0. The second kappa shape index (κ2) is 9.60. The van der Waals surface area contributed by atoms with Gasteiger partial charge in [-0.3, -0.25) is 24.0 Å². The summed E-state index contributed by atoms with van der Waals surface area (Å²) >= 11 is 0. The first-order chi connectivity index (χ1) is 20.4. The van der Waals surface area contributed by atoms with Crippen LogP contribution in [-0.2, 0) is 0 Å². The van der Waals surface area contributed by atoms with E-state index in [1.165, 1.54) is 0 Å². The predicted molar refractivity (Wildman–Crippen MR) is 157 cm³/mol. The Bertz CT molecular complexity index is 2030. The number of carbonyl (C=O) groups is 5. The van der Waals surface area contributed by atoms with Gasteiger partial charge in [0.25, 0.3) is 5.91 Å². The van der Waals surface area contributed by atoms with E-state index < -0.39 is 17.5 Å². The molecule has 7 heteroatoms. The summed E-state index contributed by atoms with van der Waals surface area (Å²) in [5.41, 5.74) is 3.04. The van der Waals surface area contributed by atoms with Crippen LogP contribution in [0.5, 0.6) is 0 Å². The first-order valence-corrected chi connectivity index (χ1v) is 13.2. The van der Waals surface area contributed by atoms with E-state index in [1.807, 2.05) is 0 Å². The van der Waals surface area contributed by atoms with Crippen LogP contribution in [0.3, 0.4) is 0 Å². The highest BCUT2D eigenvalue weighted by Gasteiger charge is 2.35. The Hall–Kier alpha value is -5.95. The SMILES string of the molecule is O=C(Nc1cccc2c1C(=O)c1cccc(Nc3cccc4c3C(=O)c3ccccc3C4=O)c1C2=O)c1ccccc1. The number of rotatable bonds is 4. The lowest BCUT2D eigenvalue weighted by molar-refractivity contribution is 0.0979. The third-order valence-electron chi connectivity index (χ3n) is 7.58. The molecule has 0 bridgehead atoms. The molecule has 2 aliphatic carbocycles. The summed E-state index contributed by atoms with van der Waals surface area (Å²) in [6.45, 7) is 0. The van der Waals surface area contributed by atoms with Crippen molar-refractivity contribution in [3.05, 3.63) is 159 Å². The number of hydrogen-bond acceptors (Lipinski definition) is 6. The molecule has 0 saturated carbocycles. The summed E-state index contributed by atoms with van der Waals surface area (Å²) in [7, 11) is 0. The van der Waals surface area contributed by atoms with Crippen LogP contribution in [-0.4, -0.2) is 29.0 Å². The second-order valence-corrected chi connectivity index (χ2v) is 9.99. The van der Waals surface area contributed by atoms with Crippen molar-refractivity contribution in [2.45, 2.75) is 0 Å². The largest absolute Gasteiger partial charge is 0.354 e. The van der Waals surface area contributed by atoms with Crippen molar-refractivity contribution in [3.63, 3.8) is 0 Å². The van der Waals surface area contributed by atoms with Crippen LogP contribution < -0.4 is 10.6 Å². The van der Waals surface area contributed by atoms with Crippen LogP contribution >= 0.6 is 0 Å². The zero-order valence-corrected chi connectivity index (χ0v) is 21.9. The number of benzene rings is 5. The van der Waals surface area contributed by atoms with Gasteiger partial charge in [-0.15, -0.1) is 0 Å². The standard InChI is InChI=1S/C35H20N2O5/c38-31-20-11-4-5-12-21(20)32(39)28-22(31)13-6-16-25(28)36-26-17-7-14-23-29(26)33(40)24-15-8-18-27(30(24)34(23)41)37-35(42)19-9-2-1-3-10-19/h1-18,36H,(H,37,42). The van der Waals surface area contributed by atoms with Gasteiger partial charge in [-0.1, -0.05) is 78.9 Å². The Labute approximate surface area is 239 Å².